The molecule has 3 nitrogen and oxygen atoms in total. The fraction of sp³-hybridized carbons (Fsp3) is 1.00. The minimum atomic E-state index is 0.473. The number of hydrazine groups is 1. The predicted octanol–water partition coefficient (Wildman–Crippen LogP) is -0.474. The van der Waals surface area contributed by atoms with Gasteiger partial charge in [-0.05, 0) is 0 Å². The summed E-state index contributed by atoms with van der Waals surface area (Å²) in [5, 5.41) is 5.09. The van der Waals surface area contributed by atoms with Gasteiger partial charge in [0.1, 0.15) is 0 Å². The van der Waals surface area contributed by atoms with E-state index in [0.29, 0.717) is 4.05 Å². The lowest BCUT2D eigenvalue weighted by Gasteiger charge is -2.27. The Hall–Kier alpha value is 0.610. The van der Waals surface area contributed by atoms with Crippen molar-refractivity contribution < 1.29 is 0 Å². The molecule has 0 aromatic carbocycles. The topological polar surface area (TPSA) is 41.3 Å². The molecule has 1 fully saturated rings. The van der Waals surface area contributed by atoms with Crippen LogP contribution in [0.25, 0.3) is 0 Å². The number of hydrogen-bond donors (Lipinski definition) is 2. The number of alkyl halides is 1. The number of rotatable bonds is 0. The molecule has 0 aromatic rings. The van der Waals surface area contributed by atoms with Gasteiger partial charge in [0.05, 0.1) is 4.05 Å². The van der Waals surface area contributed by atoms with Crippen molar-refractivity contribution >= 4 is 22.6 Å². The molecular weight excluding hydrogens is 217 g/mol. The van der Waals surface area contributed by atoms with E-state index in [2.05, 4.69) is 27.9 Å². The smallest absolute Gasteiger partial charge is 0.0879 e. The van der Waals surface area contributed by atoms with Crippen molar-refractivity contribution in [2.75, 3.05) is 19.6 Å². The number of halogens is 1. The number of nitrogens with zero attached hydrogens (tertiary/aromatic N) is 1. The summed E-state index contributed by atoms with van der Waals surface area (Å²) in [6, 6.07) is 0. The summed E-state index contributed by atoms with van der Waals surface area (Å²) >= 11 is 2.32. The first-order valence-electron chi connectivity index (χ1n) is 2.67. The number of piperazine rings is 1. The third kappa shape index (κ3) is 1.54. The highest BCUT2D eigenvalue weighted by molar-refractivity contribution is 14.1. The Bertz CT molecular complexity index is 67.7. The first-order valence-corrected chi connectivity index (χ1v) is 3.91. The Morgan fingerprint density at radius 2 is 2.50 bits per heavy atom. The van der Waals surface area contributed by atoms with Gasteiger partial charge in [0, 0.05) is 19.6 Å². The van der Waals surface area contributed by atoms with Crippen molar-refractivity contribution in [3.05, 3.63) is 0 Å². The van der Waals surface area contributed by atoms with Gasteiger partial charge < -0.3 is 5.32 Å². The van der Waals surface area contributed by atoms with Crippen LogP contribution in [0.15, 0.2) is 0 Å². The van der Waals surface area contributed by atoms with Crippen LogP contribution in [0.5, 0.6) is 0 Å². The fourth-order valence-corrected chi connectivity index (χ4v) is 1.28. The molecule has 8 heavy (non-hydrogen) atoms. The number of hydrogen-bond acceptors (Lipinski definition) is 3. The van der Waals surface area contributed by atoms with Gasteiger partial charge in [-0.15, -0.1) is 0 Å². The van der Waals surface area contributed by atoms with E-state index in [1.165, 1.54) is 0 Å². The van der Waals surface area contributed by atoms with Gasteiger partial charge >= 0.3 is 0 Å². The van der Waals surface area contributed by atoms with E-state index in [4.69, 9.17) is 5.84 Å². The summed E-state index contributed by atoms with van der Waals surface area (Å²) in [7, 11) is 0. The molecule has 0 saturated carbocycles. The standard InChI is InChI=1S/C4H10IN3/c5-4-3-7-1-2-8(4)6/h4,7H,1-3,6H2. The molecule has 1 heterocycles. The lowest BCUT2D eigenvalue weighted by Crippen LogP contribution is -2.51. The Morgan fingerprint density at radius 3 is 2.88 bits per heavy atom. The molecule has 0 bridgehead atoms. The van der Waals surface area contributed by atoms with Gasteiger partial charge in [-0.3, -0.25) is 5.84 Å². The van der Waals surface area contributed by atoms with Gasteiger partial charge in [0.2, 0.25) is 0 Å². The maximum absolute atomic E-state index is 5.56. The van der Waals surface area contributed by atoms with Crippen LogP contribution in [0, 0.1) is 0 Å². The van der Waals surface area contributed by atoms with Crippen molar-refractivity contribution in [2.24, 2.45) is 5.84 Å². The average Bonchev–Trinajstić information content (AvgIpc) is 1.77. The normalized spacial score (nSPS) is 33.0. The second kappa shape index (κ2) is 2.95. The van der Waals surface area contributed by atoms with E-state index in [9.17, 15) is 0 Å². The maximum Gasteiger partial charge on any atom is 0.0879 e. The van der Waals surface area contributed by atoms with Gasteiger partial charge in [-0.25, -0.2) is 5.01 Å². The molecule has 1 saturated heterocycles. The Morgan fingerprint density at radius 1 is 1.75 bits per heavy atom. The molecule has 1 aliphatic heterocycles. The molecular formula is C4H10IN3. The summed E-state index contributed by atoms with van der Waals surface area (Å²) in [5.41, 5.74) is 0. The molecule has 0 amide bonds. The number of nitrogens with two attached hydrogens (primary N) is 1. The molecule has 4 heteroatoms. The van der Waals surface area contributed by atoms with Crippen molar-refractivity contribution in [2.45, 2.75) is 4.05 Å². The van der Waals surface area contributed by atoms with E-state index in [1.807, 2.05) is 5.01 Å². The monoisotopic (exact) mass is 227 g/mol. The summed E-state index contributed by atoms with van der Waals surface area (Å²) < 4.78 is 0.473. The van der Waals surface area contributed by atoms with Crippen LogP contribution in [-0.4, -0.2) is 28.7 Å². The molecule has 0 radical (unpaired) electrons. The zero-order valence-corrected chi connectivity index (χ0v) is 6.76. The van der Waals surface area contributed by atoms with E-state index in [0.717, 1.165) is 19.6 Å². The van der Waals surface area contributed by atoms with E-state index in [-0.39, 0.29) is 0 Å². The lowest BCUT2D eigenvalue weighted by atomic mass is 10.4. The summed E-state index contributed by atoms with van der Waals surface area (Å²) in [5.74, 6) is 5.56. The van der Waals surface area contributed by atoms with Crippen molar-refractivity contribution in [1.82, 2.24) is 10.3 Å². The molecule has 1 rings (SSSR count). The van der Waals surface area contributed by atoms with Gasteiger partial charge in [-0.1, -0.05) is 22.6 Å². The average molecular weight is 227 g/mol. The Labute approximate surface area is 62.7 Å². The van der Waals surface area contributed by atoms with Crippen LogP contribution in [0.4, 0.5) is 0 Å². The number of nitrogens with one attached hydrogen (secondary N) is 1. The van der Waals surface area contributed by atoms with Crippen LogP contribution in [0.2, 0.25) is 0 Å². The first kappa shape index (κ1) is 6.73. The van der Waals surface area contributed by atoms with E-state index in [1.54, 1.807) is 0 Å². The van der Waals surface area contributed by atoms with E-state index < -0.39 is 0 Å². The van der Waals surface area contributed by atoms with Crippen LogP contribution < -0.4 is 11.2 Å². The summed E-state index contributed by atoms with van der Waals surface area (Å²) in [4.78, 5) is 0. The molecule has 1 unspecified atom stereocenters. The zero-order valence-electron chi connectivity index (χ0n) is 4.60. The minimum Gasteiger partial charge on any atom is -0.313 e. The van der Waals surface area contributed by atoms with Gasteiger partial charge in [-0.2, -0.15) is 0 Å². The van der Waals surface area contributed by atoms with Crippen LogP contribution in [-0.2, 0) is 0 Å². The first-order chi connectivity index (χ1) is 3.80. The van der Waals surface area contributed by atoms with Crippen LogP contribution >= 0.6 is 22.6 Å². The Kier molecular flexibility index (Phi) is 2.48. The summed E-state index contributed by atoms with van der Waals surface area (Å²) in [6.45, 7) is 3.00. The lowest BCUT2D eigenvalue weighted by molar-refractivity contribution is 0.235. The Balaban J connectivity index is 2.28. The highest BCUT2D eigenvalue weighted by Crippen LogP contribution is 2.03. The molecule has 1 atom stereocenters. The van der Waals surface area contributed by atoms with Crippen LogP contribution in [0.3, 0.4) is 0 Å². The fourth-order valence-electron chi connectivity index (χ4n) is 0.687. The zero-order chi connectivity index (χ0) is 5.98. The van der Waals surface area contributed by atoms with Crippen LogP contribution in [0.1, 0.15) is 0 Å². The minimum absolute atomic E-state index is 0.473. The quantitative estimate of drug-likeness (QED) is 0.254. The molecule has 1 aliphatic rings. The molecule has 0 spiro atoms. The second-order valence-corrected chi connectivity index (χ2v) is 3.31. The van der Waals surface area contributed by atoms with Crippen molar-refractivity contribution in [3.63, 3.8) is 0 Å². The van der Waals surface area contributed by atoms with Crippen molar-refractivity contribution in [3.8, 4) is 0 Å². The van der Waals surface area contributed by atoms with Gasteiger partial charge in [0.25, 0.3) is 0 Å². The maximum atomic E-state index is 5.56. The highest BCUT2D eigenvalue weighted by Gasteiger charge is 2.14. The largest absolute Gasteiger partial charge is 0.313 e. The third-order valence-corrected chi connectivity index (χ3v) is 2.38. The predicted molar refractivity (Wildman–Crippen MR) is 41.6 cm³/mol. The SMILES string of the molecule is NN1CCNCC1I. The summed E-state index contributed by atoms with van der Waals surface area (Å²) in [6.07, 6.45) is 0. The van der Waals surface area contributed by atoms with E-state index >= 15 is 0 Å². The van der Waals surface area contributed by atoms with Crippen molar-refractivity contribution in [1.29, 1.82) is 0 Å². The van der Waals surface area contributed by atoms with Gasteiger partial charge in [0.15, 0.2) is 0 Å². The third-order valence-electron chi connectivity index (χ3n) is 1.22. The molecule has 0 aliphatic carbocycles. The highest BCUT2D eigenvalue weighted by atomic mass is 127. The molecule has 0 aromatic heterocycles. The molecule has 3 N–H and O–H groups in total. The second-order valence-electron chi connectivity index (χ2n) is 1.88. The molecule has 48 valence electrons.